The number of hydrogen-bond acceptors (Lipinski definition) is 3. The first-order valence-electron chi connectivity index (χ1n) is 5.67. The minimum atomic E-state index is -0.444. The van der Waals surface area contributed by atoms with E-state index < -0.39 is 5.82 Å². The quantitative estimate of drug-likeness (QED) is 0.904. The third-order valence-corrected chi connectivity index (χ3v) is 2.79. The van der Waals surface area contributed by atoms with Gasteiger partial charge in [0.15, 0.2) is 0 Å². The van der Waals surface area contributed by atoms with Crippen LogP contribution < -0.4 is 4.90 Å². The van der Waals surface area contributed by atoms with Crippen LogP contribution in [0.15, 0.2) is 36.5 Å². The van der Waals surface area contributed by atoms with Gasteiger partial charge in [0.2, 0.25) is 0 Å². The lowest BCUT2D eigenvalue weighted by molar-refractivity contribution is 0.281. The molecular weight excluding hydrogens is 231 g/mol. The van der Waals surface area contributed by atoms with Gasteiger partial charge in [-0.05, 0) is 30.7 Å². The molecule has 4 heteroatoms. The highest BCUT2D eigenvalue weighted by Gasteiger charge is 2.11. The maximum absolute atomic E-state index is 13.1. The average molecular weight is 246 g/mol. The summed E-state index contributed by atoms with van der Waals surface area (Å²) in [6.45, 7) is 1.76. The number of nitrogens with zero attached hydrogens (tertiary/aromatic N) is 2. The van der Waals surface area contributed by atoms with E-state index in [1.165, 1.54) is 6.07 Å². The number of aliphatic hydroxyl groups excluding tert-OH is 1. The van der Waals surface area contributed by atoms with E-state index in [-0.39, 0.29) is 6.61 Å². The number of aromatic nitrogens is 1. The maximum Gasteiger partial charge on any atom is 0.142 e. The van der Waals surface area contributed by atoms with Gasteiger partial charge in [0, 0.05) is 18.3 Å². The van der Waals surface area contributed by atoms with Crippen molar-refractivity contribution in [2.45, 2.75) is 13.5 Å². The lowest BCUT2D eigenvalue weighted by Gasteiger charge is -2.21. The minimum absolute atomic E-state index is 0.240. The van der Waals surface area contributed by atoms with E-state index in [4.69, 9.17) is 0 Å². The van der Waals surface area contributed by atoms with Gasteiger partial charge < -0.3 is 10.0 Å². The Morgan fingerprint density at radius 1 is 1.33 bits per heavy atom. The third-order valence-electron chi connectivity index (χ3n) is 2.79. The molecule has 0 fully saturated rings. The van der Waals surface area contributed by atoms with Crippen LogP contribution >= 0.6 is 0 Å². The molecule has 0 amide bonds. The SMILES string of the molecule is Cc1cccc(N(C)c2ncc(F)cc2CO)c1. The summed E-state index contributed by atoms with van der Waals surface area (Å²) in [4.78, 5) is 5.88. The molecule has 0 aliphatic carbocycles. The van der Waals surface area contributed by atoms with Crippen LogP contribution in [0.4, 0.5) is 15.9 Å². The van der Waals surface area contributed by atoms with Crippen molar-refractivity contribution in [2.24, 2.45) is 0 Å². The number of aliphatic hydroxyl groups is 1. The van der Waals surface area contributed by atoms with Gasteiger partial charge in [-0.1, -0.05) is 12.1 Å². The van der Waals surface area contributed by atoms with Crippen LogP contribution in [0.2, 0.25) is 0 Å². The maximum atomic E-state index is 13.1. The van der Waals surface area contributed by atoms with Crippen LogP contribution in [0.5, 0.6) is 0 Å². The fourth-order valence-corrected chi connectivity index (χ4v) is 1.85. The van der Waals surface area contributed by atoms with Crippen molar-refractivity contribution in [1.82, 2.24) is 4.98 Å². The highest BCUT2D eigenvalue weighted by atomic mass is 19.1. The molecule has 3 nitrogen and oxygen atoms in total. The fraction of sp³-hybridized carbons (Fsp3) is 0.214. The summed E-state index contributed by atoms with van der Waals surface area (Å²) in [6, 6.07) is 9.20. The first-order valence-corrected chi connectivity index (χ1v) is 5.67. The molecule has 2 aromatic rings. The van der Waals surface area contributed by atoms with Crippen molar-refractivity contribution >= 4 is 11.5 Å². The topological polar surface area (TPSA) is 36.4 Å². The highest BCUT2D eigenvalue weighted by molar-refractivity contribution is 5.62. The predicted molar refractivity (Wildman–Crippen MR) is 69.4 cm³/mol. The van der Waals surface area contributed by atoms with Crippen LogP contribution in [-0.4, -0.2) is 17.1 Å². The first-order chi connectivity index (χ1) is 8.61. The van der Waals surface area contributed by atoms with E-state index >= 15 is 0 Å². The second-order valence-corrected chi connectivity index (χ2v) is 4.19. The summed E-state index contributed by atoms with van der Waals surface area (Å²) >= 11 is 0. The molecule has 1 aromatic heterocycles. The van der Waals surface area contributed by atoms with Gasteiger partial charge in [0.05, 0.1) is 12.8 Å². The van der Waals surface area contributed by atoms with Crippen molar-refractivity contribution in [3.05, 3.63) is 53.5 Å². The molecule has 1 heterocycles. The van der Waals surface area contributed by atoms with Crippen LogP contribution in [-0.2, 0) is 6.61 Å². The molecule has 94 valence electrons. The lowest BCUT2D eigenvalue weighted by Crippen LogP contribution is -2.14. The zero-order valence-electron chi connectivity index (χ0n) is 10.4. The van der Waals surface area contributed by atoms with Crippen molar-refractivity contribution in [1.29, 1.82) is 0 Å². The van der Waals surface area contributed by atoms with Gasteiger partial charge in [-0.25, -0.2) is 9.37 Å². The minimum Gasteiger partial charge on any atom is -0.392 e. The summed E-state index contributed by atoms with van der Waals surface area (Å²) in [5, 5.41) is 9.26. The molecule has 18 heavy (non-hydrogen) atoms. The van der Waals surface area contributed by atoms with E-state index in [0.717, 1.165) is 17.4 Å². The molecule has 0 aliphatic heterocycles. The Hall–Kier alpha value is -1.94. The number of halogens is 1. The van der Waals surface area contributed by atoms with Crippen LogP contribution in [0.25, 0.3) is 0 Å². The predicted octanol–water partition coefficient (Wildman–Crippen LogP) is 2.79. The van der Waals surface area contributed by atoms with Crippen molar-refractivity contribution in [3.8, 4) is 0 Å². The first kappa shape index (κ1) is 12.5. The Kier molecular flexibility index (Phi) is 3.58. The molecule has 0 saturated carbocycles. The summed E-state index contributed by atoms with van der Waals surface area (Å²) in [7, 11) is 1.84. The van der Waals surface area contributed by atoms with E-state index in [2.05, 4.69) is 4.98 Å². The molecule has 0 atom stereocenters. The number of anilines is 2. The summed E-state index contributed by atoms with van der Waals surface area (Å²) in [5.74, 6) is 0.116. The zero-order chi connectivity index (χ0) is 13.1. The van der Waals surface area contributed by atoms with Gasteiger partial charge in [0.1, 0.15) is 11.6 Å². The van der Waals surface area contributed by atoms with Crippen molar-refractivity contribution in [3.63, 3.8) is 0 Å². The smallest absolute Gasteiger partial charge is 0.142 e. The third kappa shape index (κ3) is 2.49. The zero-order valence-corrected chi connectivity index (χ0v) is 10.4. The van der Waals surface area contributed by atoms with Gasteiger partial charge >= 0.3 is 0 Å². The van der Waals surface area contributed by atoms with E-state index in [1.807, 2.05) is 43.1 Å². The molecule has 0 unspecified atom stereocenters. The number of aryl methyl sites for hydroxylation is 1. The van der Waals surface area contributed by atoms with Gasteiger partial charge in [-0.2, -0.15) is 0 Å². The number of rotatable bonds is 3. The molecular formula is C14H15FN2O. The van der Waals surface area contributed by atoms with Gasteiger partial charge in [0.25, 0.3) is 0 Å². The van der Waals surface area contributed by atoms with Gasteiger partial charge in [-0.15, -0.1) is 0 Å². The molecule has 2 rings (SSSR count). The van der Waals surface area contributed by atoms with Gasteiger partial charge in [-0.3, -0.25) is 0 Å². The Bertz CT molecular complexity index is 557. The van der Waals surface area contributed by atoms with Crippen LogP contribution in [0.1, 0.15) is 11.1 Å². The van der Waals surface area contributed by atoms with E-state index in [0.29, 0.717) is 11.4 Å². The van der Waals surface area contributed by atoms with Crippen LogP contribution in [0.3, 0.4) is 0 Å². The standard InChI is InChI=1S/C14H15FN2O/c1-10-4-3-5-13(6-10)17(2)14-11(9-18)7-12(15)8-16-14/h3-8,18H,9H2,1-2H3. The van der Waals surface area contributed by atoms with Crippen molar-refractivity contribution in [2.75, 3.05) is 11.9 Å². The monoisotopic (exact) mass is 246 g/mol. The Balaban J connectivity index is 2.42. The van der Waals surface area contributed by atoms with Crippen molar-refractivity contribution < 1.29 is 9.50 Å². The van der Waals surface area contributed by atoms with E-state index in [9.17, 15) is 9.50 Å². The Morgan fingerprint density at radius 2 is 2.11 bits per heavy atom. The summed E-state index contributed by atoms with van der Waals surface area (Å²) < 4.78 is 13.1. The summed E-state index contributed by atoms with van der Waals surface area (Å²) in [6.07, 6.45) is 1.15. The number of benzene rings is 1. The molecule has 0 radical (unpaired) electrons. The second-order valence-electron chi connectivity index (χ2n) is 4.19. The number of hydrogen-bond donors (Lipinski definition) is 1. The average Bonchev–Trinajstić information content (AvgIpc) is 2.37. The van der Waals surface area contributed by atoms with E-state index in [1.54, 1.807) is 0 Å². The molecule has 0 bridgehead atoms. The summed E-state index contributed by atoms with van der Waals surface area (Å²) in [5.41, 5.74) is 2.55. The molecule has 1 N–H and O–H groups in total. The largest absolute Gasteiger partial charge is 0.392 e. The van der Waals surface area contributed by atoms with Crippen LogP contribution in [0, 0.1) is 12.7 Å². The normalized spacial score (nSPS) is 10.4. The molecule has 1 aromatic carbocycles. The molecule has 0 spiro atoms. The molecule has 0 saturated heterocycles. The highest BCUT2D eigenvalue weighted by Crippen LogP contribution is 2.25. The lowest BCUT2D eigenvalue weighted by atomic mass is 10.2. The fourth-order valence-electron chi connectivity index (χ4n) is 1.85. The number of pyridine rings is 1. The Labute approximate surface area is 106 Å². The molecule has 0 aliphatic rings. The Morgan fingerprint density at radius 3 is 2.78 bits per heavy atom. The second kappa shape index (κ2) is 5.14.